The summed E-state index contributed by atoms with van der Waals surface area (Å²) in [5, 5.41) is 6.58. The predicted octanol–water partition coefficient (Wildman–Crippen LogP) is 3.02. The summed E-state index contributed by atoms with van der Waals surface area (Å²) in [5.41, 5.74) is 2.30. The largest absolute Gasteiger partial charge is 0.212 e. The van der Waals surface area contributed by atoms with Gasteiger partial charge in [-0.25, -0.2) is 9.50 Å². The number of rotatable bonds is 2. The molecule has 0 N–H and O–H groups in total. The lowest BCUT2D eigenvalue weighted by Crippen LogP contribution is -1.89. The number of nitrogens with zero attached hydrogens (tertiary/aromatic N) is 3. The summed E-state index contributed by atoms with van der Waals surface area (Å²) in [7, 11) is 0. The molecule has 0 bridgehead atoms. The van der Waals surface area contributed by atoms with Gasteiger partial charge in [0.15, 0.2) is 5.82 Å². The molecular formula is C12H11N3S. The normalized spacial score (nSPS) is 11.1. The van der Waals surface area contributed by atoms with Crippen LogP contribution in [0.4, 0.5) is 0 Å². The molecule has 0 aliphatic heterocycles. The molecule has 0 aliphatic carbocycles. The summed E-state index contributed by atoms with van der Waals surface area (Å²) < 4.78 is 1.93. The van der Waals surface area contributed by atoms with Crippen molar-refractivity contribution in [2.24, 2.45) is 0 Å². The van der Waals surface area contributed by atoms with Crippen LogP contribution in [0.2, 0.25) is 0 Å². The van der Waals surface area contributed by atoms with Gasteiger partial charge in [0.1, 0.15) is 0 Å². The zero-order valence-corrected chi connectivity index (χ0v) is 9.74. The Hall–Kier alpha value is -1.68. The predicted molar refractivity (Wildman–Crippen MR) is 65.7 cm³/mol. The van der Waals surface area contributed by atoms with Crippen LogP contribution < -0.4 is 0 Å². The Morgan fingerprint density at radius 3 is 2.81 bits per heavy atom. The van der Waals surface area contributed by atoms with Crippen molar-refractivity contribution in [3.8, 4) is 11.3 Å². The molecular weight excluding hydrogens is 218 g/mol. The second-order valence-corrected chi connectivity index (χ2v) is 4.40. The number of fused-ring (bicyclic) bond motifs is 1. The molecule has 0 saturated heterocycles. The van der Waals surface area contributed by atoms with E-state index in [0.717, 1.165) is 22.9 Å². The average molecular weight is 229 g/mol. The Kier molecular flexibility index (Phi) is 2.22. The minimum absolute atomic E-state index is 0.878. The molecule has 16 heavy (non-hydrogen) atoms. The van der Waals surface area contributed by atoms with Crippen LogP contribution in [-0.4, -0.2) is 14.6 Å². The van der Waals surface area contributed by atoms with Crippen molar-refractivity contribution in [2.75, 3.05) is 0 Å². The monoisotopic (exact) mass is 229 g/mol. The third-order valence-electron chi connectivity index (χ3n) is 2.51. The van der Waals surface area contributed by atoms with E-state index in [1.54, 1.807) is 11.3 Å². The fourth-order valence-corrected chi connectivity index (χ4v) is 2.53. The number of hydrogen-bond acceptors (Lipinski definition) is 3. The van der Waals surface area contributed by atoms with Crippen LogP contribution in [0.3, 0.4) is 0 Å². The summed E-state index contributed by atoms with van der Waals surface area (Å²) >= 11 is 1.63. The van der Waals surface area contributed by atoms with Gasteiger partial charge in [0.2, 0.25) is 4.96 Å². The number of hydrogen-bond donors (Lipinski definition) is 0. The van der Waals surface area contributed by atoms with Gasteiger partial charge < -0.3 is 0 Å². The minimum Gasteiger partial charge on any atom is -0.203 e. The molecule has 0 fully saturated rings. The van der Waals surface area contributed by atoms with Gasteiger partial charge in [0, 0.05) is 17.4 Å². The molecule has 0 radical (unpaired) electrons. The van der Waals surface area contributed by atoms with Gasteiger partial charge >= 0.3 is 0 Å². The van der Waals surface area contributed by atoms with Crippen LogP contribution >= 0.6 is 11.3 Å². The van der Waals surface area contributed by atoms with E-state index in [-0.39, 0.29) is 0 Å². The summed E-state index contributed by atoms with van der Waals surface area (Å²) in [6.07, 6.45) is 0.878. The highest BCUT2D eigenvalue weighted by atomic mass is 32.1. The first-order valence-corrected chi connectivity index (χ1v) is 6.15. The quantitative estimate of drug-likeness (QED) is 0.676. The van der Waals surface area contributed by atoms with Crippen LogP contribution in [0, 0.1) is 0 Å². The van der Waals surface area contributed by atoms with Crippen molar-refractivity contribution in [3.05, 3.63) is 41.5 Å². The van der Waals surface area contributed by atoms with E-state index >= 15 is 0 Å². The van der Waals surface area contributed by atoms with Crippen molar-refractivity contribution < 1.29 is 0 Å². The smallest absolute Gasteiger partial charge is 0.203 e. The van der Waals surface area contributed by atoms with Gasteiger partial charge in [-0.2, -0.15) is 5.10 Å². The fourth-order valence-electron chi connectivity index (χ4n) is 1.68. The van der Waals surface area contributed by atoms with Gasteiger partial charge in [-0.15, -0.1) is 11.3 Å². The second kappa shape index (κ2) is 3.72. The number of aryl methyl sites for hydroxylation is 1. The van der Waals surface area contributed by atoms with Crippen LogP contribution in [0.15, 0.2) is 35.7 Å². The van der Waals surface area contributed by atoms with Crippen LogP contribution in [0.5, 0.6) is 0 Å². The molecule has 1 aromatic carbocycles. The van der Waals surface area contributed by atoms with Crippen LogP contribution in [-0.2, 0) is 6.42 Å². The summed E-state index contributed by atoms with van der Waals surface area (Å²) in [6, 6.07) is 10.3. The second-order valence-electron chi connectivity index (χ2n) is 3.56. The van der Waals surface area contributed by atoms with Crippen molar-refractivity contribution in [2.45, 2.75) is 13.3 Å². The van der Waals surface area contributed by atoms with Gasteiger partial charge in [-0.1, -0.05) is 37.3 Å². The first-order chi connectivity index (χ1) is 7.88. The molecule has 0 spiro atoms. The molecule has 3 rings (SSSR count). The lowest BCUT2D eigenvalue weighted by atomic mass is 10.2. The maximum absolute atomic E-state index is 4.48. The topological polar surface area (TPSA) is 30.2 Å². The van der Waals surface area contributed by atoms with Crippen molar-refractivity contribution in [3.63, 3.8) is 0 Å². The first-order valence-electron chi connectivity index (χ1n) is 5.27. The Balaban J connectivity index is 2.20. The molecule has 3 aromatic rings. The highest BCUT2D eigenvalue weighted by Gasteiger charge is 2.09. The van der Waals surface area contributed by atoms with E-state index in [1.807, 2.05) is 22.7 Å². The number of aromatic nitrogens is 3. The molecule has 80 valence electrons. The van der Waals surface area contributed by atoms with Crippen LogP contribution in [0.25, 0.3) is 16.2 Å². The molecule has 0 saturated carbocycles. The standard InChI is InChI=1S/C12H11N3S/c1-2-11-13-12-15(14-11)10(8-16-12)9-6-4-3-5-7-9/h3-8H,2H2,1H3. The molecule has 0 unspecified atom stereocenters. The van der Waals surface area contributed by atoms with E-state index < -0.39 is 0 Å². The molecule has 0 atom stereocenters. The van der Waals surface area contributed by atoms with Gasteiger partial charge in [0.25, 0.3) is 0 Å². The molecule has 4 heteroatoms. The maximum Gasteiger partial charge on any atom is 0.212 e. The lowest BCUT2D eigenvalue weighted by Gasteiger charge is -1.96. The molecule has 0 aliphatic rings. The molecule has 3 nitrogen and oxygen atoms in total. The Bertz CT molecular complexity index is 610. The highest BCUT2D eigenvalue weighted by Crippen LogP contribution is 2.24. The zero-order chi connectivity index (χ0) is 11.0. The summed E-state index contributed by atoms with van der Waals surface area (Å²) in [6.45, 7) is 2.07. The third-order valence-corrected chi connectivity index (χ3v) is 3.33. The summed E-state index contributed by atoms with van der Waals surface area (Å²) in [5.74, 6) is 0.907. The maximum atomic E-state index is 4.48. The Morgan fingerprint density at radius 2 is 2.06 bits per heavy atom. The SMILES string of the molecule is CCc1nc2scc(-c3ccccc3)n2n1. The highest BCUT2D eigenvalue weighted by molar-refractivity contribution is 7.15. The van der Waals surface area contributed by atoms with Gasteiger partial charge in [-0.05, 0) is 0 Å². The lowest BCUT2D eigenvalue weighted by molar-refractivity contribution is 0.895. The van der Waals surface area contributed by atoms with E-state index in [1.165, 1.54) is 5.56 Å². The number of benzene rings is 1. The first kappa shape index (κ1) is 9.54. The Morgan fingerprint density at radius 1 is 1.25 bits per heavy atom. The van der Waals surface area contributed by atoms with E-state index in [2.05, 4.69) is 34.5 Å². The zero-order valence-electron chi connectivity index (χ0n) is 8.92. The van der Waals surface area contributed by atoms with E-state index in [0.29, 0.717) is 0 Å². The van der Waals surface area contributed by atoms with E-state index in [9.17, 15) is 0 Å². The van der Waals surface area contributed by atoms with Crippen LogP contribution in [0.1, 0.15) is 12.7 Å². The summed E-state index contributed by atoms with van der Waals surface area (Å²) in [4.78, 5) is 5.42. The van der Waals surface area contributed by atoms with E-state index in [4.69, 9.17) is 0 Å². The van der Waals surface area contributed by atoms with Gasteiger partial charge in [0.05, 0.1) is 5.69 Å². The van der Waals surface area contributed by atoms with Gasteiger partial charge in [-0.3, -0.25) is 0 Å². The molecule has 2 heterocycles. The number of thiazole rings is 1. The van der Waals surface area contributed by atoms with Crippen molar-refractivity contribution >= 4 is 16.3 Å². The average Bonchev–Trinajstić information content (AvgIpc) is 2.88. The minimum atomic E-state index is 0.878. The Labute approximate surface area is 97.4 Å². The molecule has 2 aromatic heterocycles. The molecule has 0 amide bonds. The van der Waals surface area contributed by atoms with Crippen molar-refractivity contribution in [1.82, 2.24) is 14.6 Å². The third kappa shape index (κ3) is 1.42. The fraction of sp³-hybridized carbons (Fsp3) is 0.167. The van der Waals surface area contributed by atoms with Crippen molar-refractivity contribution in [1.29, 1.82) is 0 Å².